The normalized spacial score (nSPS) is 46.5. The Morgan fingerprint density at radius 1 is 1.00 bits per heavy atom. The van der Waals surface area contributed by atoms with E-state index >= 15 is 0 Å². The van der Waals surface area contributed by atoms with E-state index in [0.717, 1.165) is 44.9 Å². The number of carboxylic acids is 1. The predicted octanol–water partition coefficient (Wildman–Crippen LogP) is 7.00. The molecule has 39 heavy (non-hydrogen) atoms. The van der Waals surface area contributed by atoms with Crippen molar-refractivity contribution in [1.29, 1.82) is 5.26 Å². The number of esters is 1. The van der Waals surface area contributed by atoms with Crippen molar-refractivity contribution in [2.45, 2.75) is 107 Å². The number of fused-ring (bicyclic) bond motifs is 7. The minimum Gasteiger partial charge on any atom is -0.481 e. The molecule has 0 bridgehead atoms. The summed E-state index contributed by atoms with van der Waals surface area (Å²) >= 11 is 0. The quantitative estimate of drug-likeness (QED) is 0.301. The van der Waals surface area contributed by atoms with Crippen LogP contribution < -0.4 is 0 Å². The fourth-order valence-corrected chi connectivity index (χ4v) is 10.5. The minimum atomic E-state index is -0.765. The summed E-state index contributed by atoms with van der Waals surface area (Å²) < 4.78 is 5.59. The number of rotatable bonds is 2. The third-order valence-electron chi connectivity index (χ3n) is 13.2. The van der Waals surface area contributed by atoms with Crippen LogP contribution in [0.3, 0.4) is 0 Å². The molecule has 0 aromatic rings. The molecule has 6 nitrogen and oxygen atoms in total. The Labute approximate surface area is 233 Å². The number of nitrogens with zero attached hydrogens (tertiary/aromatic N) is 1. The maximum absolute atomic E-state index is 14.3. The Hall–Kier alpha value is -2.42. The van der Waals surface area contributed by atoms with Gasteiger partial charge in [-0.2, -0.15) is 5.26 Å². The number of hydrogen-bond donors (Lipinski definition) is 1. The number of allylic oxidation sites excluding steroid dienone is 4. The van der Waals surface area contributed by atoms with Crippen molar-refractivity contribution in [1.82, 2.24) is 0 Å². The van der Waals surface area contributed by atoms with Gasteiger partial charge in [0, 0.05) is 17.8 Å². The molecule has 212 valence electrons. The van der Waals surface area contributed by atoms with E-state index in [9.17, 15) is 24.8 Å². The second-order valence-electron chi connectivity index (χ2n) is 15.3. The molecule has 0 heterocycles. The van der Waals surface area contributed by atoms with E-state index in [1.165, 1.54) is 12.5 Å². The lowest BCUT2D eigenvalue weighted by Crippen LogP contribution is -2.65. The third kappa shape index (κ3) is 3.40. The van der Waals surface area contributed by atoms with E-state index in [1.54, 1.807) is 0 Å². The minimum absolute atomic E-state index is 0.00106. The molecule has 0 amide bonds. The van der Waals surface area contributed by atoms with E-state index < -0.39 is 28.2 Å². The first-order valence-corrected chi connectivity index (χ1v) is 14.7. The van der Waals surface area contributed by atoms with Gasteiger partial charge in [0.15, 0.2) is 5.78 Å². The first-order valence-electron chi connectivity index (χ1n) is 14.7. The predicted molar refractivity (Wildman–Crippen MR) is 147 cm³/mol. The summed E-state index contributed by atoms with van der Waals surface area (Å²) in [6.07, 6.45) is 9.28. The molecule has 0 saturated heterocycles. The van der Waals surface area contributed by atoms with Gasteiger partial charge in [-0.05, 0) is 92.3 Å². The molecule has 6 heteroatoms. The summed E-state index contributed by atoms with van der Waals surface area (Å²) in [6.45, 7) is 16.5. The van der Waals surface area contributed by atoms with Crippen LogP contribution in [0.5, 0.6) is 0 Å². The van der Waals surface area contributed by atoms with E-state index in [-0.39, 0.29) is 51.1 Å². The van der Waals surface area contributed by atoms with Crippen LogP contribution in [0.15, 0.2) is 23.0 Å². The van der Waals surface area contributed by atoms with Gasteiger partial charge in [0.1, 0.15) is 17.4 Å². The Kier molecular flexibility index (Phi) is 5.99. The van der Waals surface area contributed by atoms with Gasteiger partial charge in [-0.1, -0.05) is 53.2 Å². The third-order valence-corrected chi connectivity index (χ3v) is 13.2. The average Bonchev–Trinajstić information content (AvgIpc) is 2.84. The van der Waals surface area contributed by atoms with Crippen LogP contribution in [0.25, 0.3) is 0 Å². The smallest absolute Gasteiger partial charge is 0.309 e. The molecule has 8 atom stereocenters. The average molecular weight is 536 g/mol. The molecule has 3 fully saturated rings. The molecule has 1 N–H and O–H groups in total. The number of carbonyl (C=O) groups excluding carboxylic acids is 2. The SMILES string of the molecule is CC(=O)OC1=C(C#N)C(=O)[C@]2(C)[C@H]3CC=C4[C@@H]5C[C@](C)(C(=O)O)CC[C@]5(C)CC[C@@]4(C)[C@]3(C)CC[C@H]2C1(C)C. The largest absolute Gasteiger partial charge is 0.481 e. The molecule has 0 radical (unpaired) electrons. The highest BCUT2D eigenvalue weighted by Gasteiger charge is 2.70. The van der Waals surface area contributed by atoms with Crippen molar-refractivity contribution < 1.29 is 24.2 Å². The van der Waals surface area contributed by atoms with Crippen molar-refractivity contribution in [3.8, 4) is 6.07 Å². The van der Waals surface area contributed by atoms with E-state index in [0.29, 0.717) is 6.42 Å². The van der Waals surface area contributed by atoms with Crippen LogP contribution in [-0.2, 0) is 19.1 Å². The van der Waals surface area contributed by atoms with Gasteiger partial charge in [-0.25, -0.2) is 0 Å². The van der Waals surface area contributed by atoms with Gasteiger partial charge in [0.05, 0.1) is 5.41 Å². The summed E-state index contributed by atoms with van der Waals surface area (Å²) in [5.74, 6) is -0.955. The number of ketones is 1. The Morgan fingerprint density at radius 3 is 2.23 bits per heavy atom. The van der Waals surface area contributed by atoms with Crippen molar-refractivity contribution in [2.24, 2.45) is 50.2 Å². The summed E-state index contributed by atoms with van der Waals surface area (Å²) in [4.78, 5) is 38.6. The summed E-state index contributed by atoms with van der Waals surface area (Å²) in [5.41, 5.74) is -0.922. The van der Waals surface area contributed by atoms with Gasteiger partial charge in [0.2, 0.25) is 0 Å². The lowest BCUT2D eigenvalue weighted by molar-refractivity contribution is -0.181. The zero-order valence-electron chi connectivity index (χ0n) is 25.0. The van der Waals surface area contributed by atoms with Crippen LogP contribution in [-0.4, -0.2) is 22.8 Å². The second kappa shape index (κ2) is 8.30. The Bertz CT molecular complexity index is 1270. The second-order valence-corrected chi connectivity index (χ2v) is 15.3. The first kappa shape index (κ1) is 28.1. The topological polar surface area (TPSA) is 104 Å². The molecule has 0 unspecified atom stereocenters. The maximum Gasteiger partial charge on any atom is 0.309 e. The summed E-state index contributed by atoms with van der Waals surface area (Å²) in [6, 6.07) is 2.14. The number of carbonyl (C=O) groups is 3. The highest BCUT2D eigenvalue weighted by atomic mass is 16.5. The molecule has 0 aromatic carbocycles. The molecular weight excluding hydrogens is 490 g/mol. The molecule has 3 saturated carbocycles. The molecule has 5 rings (SSSR count). The van der Waals surface area contributed by atoms with Crippen LogP contribution in [0.4, 0.5) is 0 Å². The first-order chi connectivity index (χ1) is 17.9. The summed E-state index contributed by atoms with van der Waals surface area (Å²) in [7, 11) is 0. The number of hydrogen-bond acceptors (Lipinski definition) is 5. The number of nitriles is 1. The van der Waals surface area contributed by atoms with Gasteiger partial charge < -0.3 is 9.84 Å². The Morgan fingerprint density at radius 2 is 1.64 bits per heavy atom. The number of aliphatic carboxylic acids is 1. The van der Waals surface area contributed by atoms with Crippen molar-refractivity contribution in [2.75, 3.05) is 0 Å². The van der Waals surface area contributed by atoms with Crippen LogP contribution in [0.1, 0.15) is 107 Å². The molecule has 0 aromatic heterocycles. The highest BCUT2D eigenvalue weighted by molar-refractivity contribution is 6.05. The van der Waals surface area contributed by atoms with E-state index in [4.69, 9.17) is 4.74 Å². The molecule has 0 aliphatic heterocycles. The van der Waals surface area contributed by atoms with Crippen molar-refractivity contribution in [3.05, 3.63) is 23.0 Å². The summed E-state index contributed by atoms with van der Waals surface area (Å²) in [5, 5.41) is 20.3. The van der Waals surface area contributed by atoms with Crippen LogP contribution >= 0.6 is 0 Å². The number of ether oxygens (including phenoxy) is 1. The molecule has 5 aliphatic rings. The van der Waals surface area contributed by atoms with Crippen molar-refractivity contribution in [3.63, 3.8) is 0 Å². The van der Waals surface area contributed by atoms with Gasteiger partial charge in [-0.15, -0.1) is 0 Å². The molecule has 5 aliphatic carbocycles. The lowest BCUT2D eigenvalue weighted by Gasteiger charge is -2.70. The molecular formula is C33H45NO5. The maximum atomic E-state index is 14.3. The van der Waals surface area contributed by atoms with Gasteiger partial charge >= 0.3 is 11.9 Å². The van der Waals surface area contributed by atoms with E-state index in [1.807, 2.05) is 20.8 Å². The fraction of sp³-hybridized carbons (Fsp3) is 0.758. The monoisotopic (exact) mass is 535 g/mol. The van der Waals surface area contributed by atoms with Crippen LogP contribution in [0.2, 0.25) is 0 Å². The van der Waals surface area contributed by atoms with E-state index in [2.05, 4.69) is 39.8 Å². The zero-order chi connectivity index (χ0) is 29.0. The zero-order valence-corrected chi connectivity index (χ0v) is 25.0. The van der Waals surface area contributed by atoms with Crippen LogP contribution in [0, 0.1) is 61.6 Å². The molecule has 0 spiro atoms. The van der Waals surface area contributed by atoms with Gasteiger partial charge in [-0.3, -0.25) is 14.4 Å². The fourth-order valence-electron chi connectivity index (χ4n) is 10.5. The Balaban J connectivity index is 1.64. The van der Waals surface area contributed by atoms with Crippen molar-refractivity contribution >= 4 is 17.7 Å². The standard InChI is InChI=1S/C33H45NO5/c1-19(35)39-26-20(18-34)25(36)33(8)23(28(26,2)3)11-12-32(7)24(33)10-9-21-22-17-30(5,27(37)38)14-13-29(22,4)15-16-31(21,32)6/h9,22-24H,10-17H2,1-8H3,(H,37,38)/t22-,23-,24-,29+,30+,31+,32+,33-/m0/s1. The number of Topliss-reactive ketones (excluding diaryl/α,β-unsaturated/α-hetero) is 1. The number of carboxylic acid groups (broad SMARTS) is 1. The highest BCUT2D eigenvalue weighted by Crippen LogP contribution is 2.75. The lowest BCUT2D eigenvalue weighted by atomic mass is 9.33. The van der Waals surface area contributed by atoms with Gasteiger partial charge in [0.25, 0.3) is 0 Å².